The van der Waals surface area contributed by atoms with Gasteiger partial charge in [0.25, 0.3) is 0 Å². The Bertz CT molecular complexity index is 2560. The Balaban J connectivity index is 1.44. The van der Waals surface area contributed by atoms with Crippen LogP contribution in [-0.2, 0) is 46.6 Å². The standard InChI is InChI=1S/C47H60FN5O11SSi/c1-46(2,3)63-44(58)53(45(59)64-47(4,5)6)52(35-17-15-32-27-49-28-38(48)37(32)26-35)41(42(55)56)31-13-11-12-30(24-31)14-21-40(54)50-34-16-20-39(65(60,61)36-18-19-36)33(25-34)29-51(7)43(57)62-22-23-66(8,9)10/h11-13,15-17,20,24-28,36,41H,14,18-19,21-23,29H2,1-10H3,(H,50,54)(H,55,56). The van der Waals surface area contributed by atoms with E-state index in [9.17, 15) is 37.5 Å². The number of aryl methyl sites for hydroxylation is 1. The van der Waals surface area contributed by atoms with Crippen molar-refractivity contribution in [2.75, 3.05) is 24.0 Å². The fourth-order valence-corrected chi connectivity index (χ4v) is 9.36. The first-order valence-electron chi connectivity index (χ1n) is 21.6. The molecule has 16 nitrogen and oxygen atoms in total. The van der Waals surface area contributed by atoms with Crippen molar-refractivity contribution in [1.29, 1.82) is 0 Å². The molecular weight excluding hydrogens is 890 g/mol. The highest BCUT2D eigenvalue weighted by molar-refractivity contribution is 7.92. The number of hydrazine groups is 1. The van der Waals surface area contributed by atoms with E-state index in [1.165, 1.54) is 66.7 Å². The SMILES string of the molecule is CN(Cc1cc(NC(=O)CCc2cccc(C(C(=O)O)N(c3ccc4cncc(F)c4c3)N(C(=O)OC(C)(C)C)C(=O)OC(C)(C)C)c2)ccc1S(=O)(=O)C1CC1)C(=O)OCC[Si](C)(C)C. The van der Waals surface area contributed by atoms with Crippen LogP contribution in [0.5, 0.6) is 0 Å². The second-order valence-electron chi connectivity index (χ2n) is 19.5. The number of ether oxygens (including phenoxy) is 3. The molecular formula is C47H60FN5O11SSi. The minimum Gasteiger partial charge on any atom is -0.479 e. The largest absolute Gasteiger partial charge is 0.479 e. The molecule has 0 bridgehead atoms. The van der Waals surface area contributed by atoms with Gasteiger partial charge in [-0.05, 0) is 114 Å². The lowest BCUT2D eigenvalue weighted by molar-refractivity contribution is -0.139. The number of imide groups is 1. The van der Waals surface area contributed by atoms with Crippen molar-refractivity contribution < 1.29 is 56.1 Å². The van der Waals surface area contributed by atoms with Crippen LogP contribution in [0.1, 0.15) is 83.5 Å². The first-order chi connectivity index (χ1) is 30.6. The van der Waals surface area contributed by atoms with E-state index in [2.05, 4.69) is 29.9 Å². The van der Waals surface area contributed by atoms with Crippen molar-refractivity contribution in [3.63, 3.8) is 0 Å². The molecule has 0 aliphatic heterocycles. The van der Waals surface area contributed by atoms with E-state index in [1.54, 1.807) is 53.7 Å². The maximum absolute atomic E-state index is 15.2. The number of aromatic nitrogens is 1. The Kier molecular flexibility index (Phi) is 15.6. The van der Waals surface area contributed by atoms with Crippen LogP contribution in [0, 0.1) is 5.82 Å². The summed E-state index contributed by atoms with van der Waals surface area (Å²) in [6, 6.07) is 13.8. The van der Waals surface area contributed by atoms with E-state index < -0.39 is 76.4 Å². The molecule has 19 heteroatoms. The molecule has 1 heterocycles. The van der Waals surface area contributed by atoms with Crippen LogP contribution in [0.25, 0.3) is 10.8 Å². The number of pyridine rings is 1. The number of rotatable bonds is 16. The number of amides is 4. The minimum absolute atomic E-state index is 0.0263. The smallest absolute Gasteiger partial charge is 0.439 e. The Morgan fingerprint density at radius 1 is 0.894 bits per heavy atom. The molecule has 1 aliphatic rings. The fraction of sp³-hybridized carbons (Fsp3) is 0.447. The Hall–Kier alpha value is -6.08. The molecule has 1 aliphatic carbocycles. The number of halogens is 1. The summed E-state index contributed by atoms with van der Waals surface area (Å²) >= 11 is 0. The molecule has 5 rings (SSSR count). The van der Waals surface area contributed by atoms with Crippen LogP contribution in [-0.4, -0.2) is 96.8 Å². The number of hydrogen-bond donors (Lipinski definition) is 2. The van der Waals surface area contributed by atoms with Crippen LogP contribution in [0.15, 0.2) is 78.0 Å². The number of carbonyl (C=O) groups excluding carboxylic acids is 4. The van der Waals surface area contributed by atoms with Gasteiger partial charge in [0.2, 0.25) is 5.91 Å². The van der Waals surface area contributed by atoms with Crippen molar-refractivity contribution >= 4 is 70.2 Å². The number of benzene rings is 3. The highest BCUT2D eigenvalue weighted by Crippen LogP contribution is 2.37. The van der Waals surface area contributed by atoms with E-state index in [4.69, 9.17) is 14.2 Å². The van der Waals surface area contributed by atoms with Crippen LogP contribution >= 0.6 is 0 Å². The molecule has 1 fully saturated rings. The van der Waals surface area contributed by atoms with Gasteiger partial charge in [-0.2, -0.15) is 0 Å². The first kappa shape index (κ1) is 50.9. The van der Waals surface area contributed by atoms with Crippen LogP contribution in [0.2, 0.25) is 25.7 Å². The predicted octanol–water partition coefficient (Wildman–Crippen LogP) is 9.51. The summed E-state index contributed by atoms with van der Waals surface area (Å²) in [6.45, 7) is 16.0. The number of nitrogens with one attached hydrogen (secondary N) is 1. The lowest BCUT2D eigenvalue weighted by Gasteiger charge is -2.39. The lowest BCUT2D eigenvalue weighted by Crippen LogP contribution is -2.56. The number of aliphatic carboxylic acids is 1. The zero-order chi connectivity index (χ0) is 48.9. The lowest BCUT2D eigenvalue weighted by atomic mass is 10.00. The number of carboxylic acid groups (broad SMARTS) is 1. The Labute approximate surface area is 386 Å². The number of carbonyl (C=O) groups is 5. The summed E-state index contributed by atoms with van der Waals surface area (Å²) in [4.78, 5) is 73.2. The van der Waals surface area contributed by atoms with Crippen LogP contribution in [0.3, 0.4) is 0 Å². The predicted molar refractivity (Wildman–Crippen MR) is 250 cm³/mol. The van der Waals surface area contributed by atoms with Gasteiger partial charge in [0.05, 0.1) is 35.2 Å². The average Bonchev–Trinajstić information content (AvgIpc) is 4.05. The summed E-state index contributed by atoms with van der Waals surface area (Å²) in [5, 5.41) is 15.0. The summed E-state index contributed by atoms with van der Waals surface area (Å²) < 4.78 is 58.8. The third kappa shape index (κ3) is 13.7. The van der Waals surface area contributed by atoms with Gasteiger partial charge < -0.3 is 29.5 Å². The van der Waals surface area contributed by atoms with Crippen molar-refractivity contribution in [2.45, 2.75) is 127 Å². The minimum atomic E-state index is -3.68. The van der Waals surface area contributed by atoms with E-state index in [1.807, 2.05) is 0 Å². The van der Waals surface area contributed by atoms with Gasteiger partial charge >= 0.3 is 24.2 Å². The van der Waals surface area contributed by atoms with Gasteiger partial charge in [0, 0.05) is 44.2 Å². The zero-order valence-electron chi connectivity index (χ0n) is 39.1. The molecule has 3 aromatic carbocycles. The molecule has 4 amide bonds. The maximum Gasteiger partial charge on any atom is 0.439 e. The molecule has 66 heavy (non-hydrogen) atoms. The average molecular weight is 950 g/mol. The van der Waals surface area contributed by atoms with Gasteiger partial charge in [-0.1, -0.05) is 50.0 Å². The topological polar surface area (TPSA) is 202 Å². The van der Waals surface area contributed by atoms with Gasteiger partial charge in [-0.15, -0.1) is 5.01 Å². The number of hydrogen-bond acceptors (Lipinski definition) is 12. The summed E-state index contributed by atoms with van der Waals surface area (Å²) in [6.07, 6.45) is 0.309. The second-order valence-corrected chi connectivity index (χ2v) is 27.3. The Morgan fingerprint density at radius 3 is 2.14 bits per heavy atom. The van der Waals surface area contributed by atoms with Crippen LogP contribution in [0.4, 0.5) is 30.1 Å². The van der Waals surface area contributed by atoms with Crippen molar-refractivity contribution in [3.05, 3.63) is 95.6 Å². The zero-order valence-corrected chi connectivity index (χ0v) is 41.0. The van der Waals surface area contributed by atoms with E-state index in [0.717, 1.165) is 17.2 Å². The van der Waals surface area contributed by atoms with Gasteiger partial charge in [0.1, 0.15) is 17.0 Å². The molecule has 0 spiro atoms. The number of sulfone groups is 1. The number of carboxylic acids is 1. The molecule has 4 aromatic rings. The number of fused-ring (bicyclic) bond motifs is 1. The monoisotopic (exact) mass is 949 g/mol. The first-order valence-corrected chi connectivity index (χ1v) is 26.8. The molecule has 356 valence electrons. The quantitative estimate of drug-likeness (QED) is 0.0611. The van der Waals surface area contributed by atoms with E-state index >= 15 is 4.39 Å². The van der Waals surface area contributed by atoms with Gasteiger partial charge in [0.15, 0.2) is 15.9 Å². The molecule has 1 unspecified atom stereocenters. The maximum atomic E-state index is 15.2. The number of nitrogens with zero attached hydrogens (tertiary/aromatic N) is 4. The Morgan fingerprint density at radius 2 is 1.55 bits per heavy atom. The summed E-state index contributed by atoms with van der Waals surface area (Å²) in [7, 11) is -3.64. The fourth-order valence-electron chi connectivity index (χ4n) is 6.78. The third-order valence-electron chi connectivity index (χ3n) is 10.1. The second kappa shape index (κ2) is 20.2. The van der Waals surface area contributed by atoms with Gasteiger partial charge in [-0.3, -0.25) is 14.8 Å². The van der Waals surface area contributed by atoms with E-state index in [0.29, 0.717) is 40.1 Å². The third-order valence-corrected chi connectivity index (χ3v) is 14.2. The normalized spacial score (nSPS) is 13.6. The highest BCUT2D eigenvalue weighted by atomic mass is 32.2. The van der Waals surface area contributed by atoms with Crippen LogP contribution < -0.4 is 10.3 Å². The number of anilines is 2. The molecule has 0 saturated heterocycles. The molecule has 1 saturated carbocycles. The molecule has 1 aromatic heterocycles. The van der Waals surface area contributed by atoms with Gasteiger partial charge in [-0.25, -0.2) is 32.0 Å². The van der Waals surface area contributed by atoms with Crippen molar-refractivity contribution in [3.8, 4) is 0 Å². The molecule has 0 radical (unpaired) electrons. The molecule has 2 N–H and O–H groups in total. The van der Waals surface area contributed by atoms with Crippen molar-refractivity contribution in [1.82, 2.24) is 14.9 Å². The highest BCUT2D eigenvalue weighted by Gasteiger charge is 2.43. The van der Waals surface area contributed by atoms with Crippen molar-refractivity contribution in [2.24, 2.45) is 0 Å². The van der Waals surface area contributed by atoms with E-state index in [-0.39, 0.29) is 47.5 Å². The summed E-state index contributed by atoms with van der Waals surface area (Å²) in [5.74, 6) is -2.70. The summed E-state index contributed by atoms with van der Waals surface area (Å²) in [5.41, 5.74) is -1.19. The molecule has 1 atom stereocenters.